The van der Waals surface area contributed by atoms with Crippen LogP contribution in [0.3, 0.4) is 0 Å². The summed E-state index contributed by atoms with van der Waals surface area (Å²) in [6.07, 6.45) is 1.33. The van der Waals surface area contributed by atoms with E-state index in [0.717, 1.165) is 5.75 Å². The second-order valence-electron chi connectivity index (χ2n) is 6.49. The molecule has 0 radical (unpaired) electrons. The molecular weight excluding hydrogens is 366 g/mol. The number of ether oxygens (including phenoxy) is 2. The highest BCUT2D eigenvalue weighted by atomic mass is 35.5. The number of benzene rings is 2. The minimum absolute atomic E-state index is 0.0152. The molecule has 0 bridgehead atoms. The third-order valence-corrected chi connectivity index (χ3v) is 5.02. The number of hydrogen-bond acceptors (Lipinski definition) is 4. The maximum Gasteiger partial charge on any atom is 0.260 e. The number of hydrogen-bond donors (Lipinski definition) is 0. The monoisotopic (exact) mass is 387 g/mol. The van der Waals surface area contributed by atoms with Crippen LogP contribution in [0.4, 0.5) is 0 Å². The molecule has 1 heterocycles. The van der Waals surface area contributed by atoms with Crippen LogP contribution in [-0.2, 0) is 4.79 Å². The first kappa shape index (κ1) is 19.2. The van der Waals surface area contributed by atoms with Crippen LogP contribution in [0, 0.1) is 5.92 Å². The summed E-state index contributed by atoms with van der Waals surface area (Å²) in [5, 5.41) is 0.622. The molecule has 2 aromatic carbocycles. The Morgan fingerprint density at radius 3 is 2.19 bits per heavy atom. The van der Waals surface area contributed by atoms with Crippen LogP contribution in [0.2, 0.25) is 5.02 Å². The van der Waals surface area contributed by atoms with Gasteiger partial charge in [-0.1, -0.05) is 11.6 Å². The second kappa shape index (κ2) is 8.91. The molecule has 0 atom stereocenters. The lowest BCUT2D eigenvalue weighted by Crippen LogP contribution is -2.42. The highest BCUT2D eigenvalue weighted by Gasteiger charge is 2.28. The zero-order chi connectivity index (χ0) is 19.2. The molecule has 1 saturated heterocycles. The van der Waals surface area contributed by atoms with E-state index in [1.807, 2.05) is 0 Å². The quantitative estimate of drug-likeness (QED) is 0.706. The molecule has 0 aromatic heterocycles. The maximum absolute atomic E-state index is 12.6. The van der Waals surface area contributed by atoms with Crippen LogP contribution in [-0.4, -0.2) is 43.4 Å². The molecule has 0 unspecified atom stereocenters. The smallest absolute Gasteiger partial charge is 0.260 e. The zero-order valence-corrected chi connectivity index (χ0v) is 15.9. The fraction of sp³-hybridized carbons (Fsp3) is 0.333. The highest BCUT2D eigenvalue weighted by Crippen LogP contribution is 2.23. The van der Waals surface area contributed by atoms with Gasteiger partial charge in [0, 0.05) is 29.6 Å². The van der Waals surface area contributed by atoms with Crippen LogP contribution < -0.4 is 9.47 Å². The van der Waals surface area contributed by atoms with Gasteiger partial charge in [-0.2, -0.15) is 0 Å². The first-order valence-corrected chi connectivity index (χ1v) is 9.29. The maximum atomic E-state index is 12.6. The molecule has 0 N–H and O–H groups in total. The predicted molar refractivity (Wildman–Crippen MR) is 104 cm³/mol. The van der Waals surface area contributed by atoms with Crippen molar-refractivity contribution in [1.82, 2.24) is 4.90 Å². The average molecular weight is 388 g/mol. The number of likely N-dealkylation sites (tertiary alicyclic amines) is 1. The van der Waals surface area contributed by atoms with E-state index in [1.54, 1.807) is 60.5 Å². The van der Waals surface area contributed by atoms with Crippen LogP contribution in [0.25, 0.3) is 0 Å². The van der Waals surface area contributed by atoms with Crippen molar-refractivity contribution >= 4 is 23.3 Å². The molecule has 142 valence electrons. The summed E-state index contributed by atoms with van der Waals surface area (Å²) < 4.78 is 10.6. The lowest BCUT2D eigenvalue weighted by Gasteiger charge is -2.31. The molecule has 0 spiro atoms. The lowest BCUT2D eigenvalue weighted by atomic mass is 9.89. The number of nitrogens with zero attached hydrogens (tertiary/aromatic N) is 1. The molecule has 1 aliphatic rings. The van der Waals surface area contributed by atoms with Crippen LogP contribution in [0.15, 0.2) is 48.5 Å². The van der Waals surface area contributed by atoms with Crippen molar-refractivity contribution in [3.8, 4) is 11.5 Å². The van der Waals surface area contributed by atoms with E-state index < -0.39 is 0 Å². The third-order valence-electron chi connectivity index (χ3n) is 4.77. The number of ketones is 1. The Balaban J connectivity index is 1.48. The average Bonchev–Trinajstić information content (AvgIpc) is 2.73. The molecule has 0 aliphatic carbocycles. The van der Waals surface area contributed by atoms with Crippen molar-refractivity contribution in [2.24, 2.45) is 5.92 Å². The van der Waals surface area contributed by atoms with Gasteiger partial charge < -0.3 is 14.4 Å². The minimum atomic E-state index is -0.0692. The van der Waals surface area contributed by atoms with E-state index in [-0.39, 0.29) is 24.2 Å². The first-order chi connectivity index (χ1) is 13.1. The summed E-state index contributed by atoms with van der Waals surface area (Å²) >= 11 is 5.83. The SMILES string of the molecule is COc1ccc(C(=O)C2CCN(C(=O)COc3ccc(Cl)cc3)CC2)cc1. The molecular formula is C21H22ClNO4. The summed E-state index contributed by atoms with van der Waals surface area (Å²) in [5.41, 5.74) is 0.687. The van der Waals surface area contributed by atoms with Gasteiger partial charge in [-0.05, 0) is 61.4 Å². The lowest BCUT2D eigenvalue weighted by molar-refractivity contribution is -0.134. The second-order valence-corrected chi connectivity index (χ2v) is 6.93. The Kier molecular flexibility index (Phi) is 6.35. The van der Waals surface area contributed by atoms with Crippen molar-refractivity contribution in [2.45, 2.75) is 12.8 Å². The molecule has 1 aliphatic heterocycles. The van der Waals surface area contributed by atoms with Crippen molar-refractivity contribution in [2.75, 3.05) is 26.8 Å². The van der Waals surface area contributed by atoms with Gasteiger partial charge in [-0.3, -0.25) is 9.59 Å². The Hall–Kier alpha value is -2.53. The number of amides is 1. The number of Topliss-reactive ketones (excluding diaryl/α,β-unsaturated/α-hetero) is 1. The predicted octanol–water partition coefficient (Wildman–Crippen LogP) is 3.85. The Morgan fingerprint density at radius 1 is 1.00 bits per heavy atom. The van der Waals surface area contributed by atoms with E-state index >= 15 is 0 Å². The number of carbonyl (C=O) groups is 2. The summed E-state index contributed by atoms with van der Waals surface area (Å²) in [7, 11) is 1.60. The standard InChI is InChI=1S/C21H22ClNO4/c1-26-18-6-2-15(3-7-18)21(25)16-10-12-23(13-11-16)20(24)14-27-19-8-4-17(22)5-9-19/h2-9,16H,10-14H2,1H3. The molecule has 6 heteroatoms. The van der Waals surface area contributed by atoms with Gasteiger partial charge in [0.25, 0.3) is 5.91 Å². The Labute approximate surface area is 163 Å². The Bertz CT molecular complexity index is 781. The van der Waals surface area contributed by atoms with Gasteiger partial charge in [0.15, 0.2) is 12.4 Å². The zero-order valence-electron chi connectivity index (χ0n) is 15.2. The molecule has 2 aromatic rings. The van der Waals surface area contributed by atoms with Gasteiger partial charge in [0.05, 0.1) is 7.11 Å². The van der Waals surface area contributed by atoms with Gasteiger partial charge in [0.2, 0.25) is 0 Å². The highest BCUT2D eigenvalue weighted by molar-refractivity contribution is 6.30. The van der Waals surface area contributed by atoms with Crippen molar-refractivity contribution in [1.29, 1.82) is 0 Å². The fourth-order valence-corrected chi connectivity index (χ4v) is 3.28. The Morgan fingerprint density at radius 2 is 1.59 bits per heavy atom. The molecule has 27 heavy (non-hydrogen) atoms. The number of methoxy groups -OCH3 is 1. The van der Waals surface area contributed by atoms with E-state index in [9.17, 15) is 9.59 Å². The van der Waals surface area contributed by atoms with Crippen LogP contribution in [0.1, 0.15) is 23.2 Å². The molecule has 0 saturated carbocycles. The molecule has 1 fully saturated rings. The largest absolute Gasteiger partial charge is 0.497 e. The topological polar surface area (TPSA) is 55.8 Å². The number of piperidine rings is 1. The van der Waals surface area contributed by atoms with Crippen LogP contribution >= 0.6 is 11.6 Å². The molecule has 3 rings (SSSR count). The molecule has 5 nitrogen and oxygen atoms in total. The van der Waals surface area contributed by atoms with Crippen molar-refractivity contribution in [3.63, 3.8) is 0 Å². The first-order valence-electron chi connectivity index (χ1n) is 8.91. The third kappa shape index (κ3) is 5.01. The fourth-order valence-electron chi connectivity index (χ4n) is 3.15. The summed E-state index contributed by atoms with van der Waals surface area (Å²) in [5.74, 6) is 1.34. The summed E-state index contributed by atoms with van der Waals surface area (Å²) in [4.78, 5) is 26.7. The van der Waals surface area contributed by atoms with Crippen molar-refractivity contribution < 1.29 is 19.1 Å². The van der Waals surface area contributed by atoms with Crippen molar-refractivity contribution in [3.05, 3.63) is 59.1 Å². The summed E-state index contributed by atoms with van der Waals surface area (Å²) in [6, 6.07) is 14.1. The van der Waals surface area contributed by atoms with E-state index in [4.69, 9.17) is 21.1 Å². The van der Waals surface area contributed by atoms with E-state index in [0.29, 0.717) is 42.3 Å². The van der Waals surface area contributed by atoms with Gasteiger partial charge in [-0.25, -0.2) is 0 Å². The number of halogens is 1. The van der Waals surface area contributed by atoms with E-state index in [2.05, 4.69) is 0 Å². The number of carbonyl (C=O) groups excluding carboxylic acids is 2. The van der Waals surface area contributed by atoms with Gasteiger partial charge >= 0.3 is 0 Å². The van der Waals surface area contributed by atoms with Crippen LogP contribution in [0.5, 0.6) is 11.5 Å². The van der Waals surface area contributed by atoms with Gasteiger partial charge in [-0.15, -0.1) is 0 Å². The minimum Gasteiger partial charge on any atom is -0.497 e. The normalized spacial score (nSPS) is 14.7. The van der Waals surface area contributed by atoms with E-state index in [1.165, 1.54) is 0 Å². The summed E-state index contributed by atoms with van der Waals surface area (Å²) in [6.45, 7) is 1.11. The van der Waals surface area contributed by atoms with Gasteiger partial charge in [0.1, 0.15) is 11.5 Å². The number of rotatable bonds is 6. The molecule has 1 amide bonds.